The Morgan fingerprint density at radius 1 is 1.80 bits per heavy atom. The van der Waals surface area contributed by atoms with Crippen LogP contribution in [0.3, 0.4) is 0 Å². The van der Waals surface area contributed by atoms with Crippen molar-refractivity contribution in [3.05, 3.63) is 17.5 Å². The predicted octanol–water partition coefficient (Wildman–Crippen LogP) is 0.616. The third-order valence-electron chi connectivity index (χ3n) is 2.16. The Morgan fingerprint density at radius 2 is 2.70 bits per heavy atom. The first-order valence-corrected chi connectivity index (χ1v) is 3.61. The van der Waals surface area contributed by atoms with Crippen LogP contribution in [0.25, 0.3) is 0 Å². The topological polar surface area (TPSA) is 40.7 Å². The number of hydrogen-bond acceptors (Lipinski definition) is 2. The molecule has 0 radical (unpaired) electrons. The van der Waals surface area contributed by atoms with Crippen molar-refractivity contribution in [3.63, 3.8) is 0 Å². The van der Waals surface area contributed by atoms with Crippen LogP contribution < -0.4 is 5.32 Å². The molecular weight excluding hydrogens is 126 g/mol. The molecule has 54 valence electrons. The number of nitrogens with zero attached hydrogens (tertiary/aromatic N) is 1. The van der Waals surface area contributed by atoms with Crippen molar-refractivity contribution in [1.82, 2.24) is 15.5 Å². The van der Waals surface area contributed by atoms with E-state index in [2.05, 4.69) is 15.5 Å². The van der Waals surface area contributed by atoms with Gasteiger partial charge in [0.25, 0.3) is 0 Å². The number of aromatic amines is 1. The van der Waals surface area contributed by atoms with Gasteiger partial charge in [0.2, 0.25) is 0 Å². The Balaban J connectivity index is 2.34. The molecule has 1 aromatic rings. The van der Waals surface area contributed by atoms with Gasteiger partial charge in [0, 0.05) is 17.3 Å². The fourth-order valence-electron chi connectivity index (χ4n) is 1.57. The smallest absolute Gasteiger partial charge is 0.0538 e. The molecule has 0 aliphatic heterocycles. The first-order chi connectivity index (χ1) is 4.92. The highest BCUT2D eigenvalue weighted by molar-refractivity contribution is 5.25. The molecule has 3 nitrogen and oxygen atoms in total. The van der Waals surface area contributed by atoms with Gasteiger partial charge in [-0.15, -0.1) is 0 Å². The molecule has 1 heterocycles. The number of nitrogens with one attached hydrogen (secondary N) is 2. The first-order valence-electron chi connectivity index (χ1n) is 3.61. The highest BCUT2D eigenvalue weighted by atomic mass is 15.1. The van der Waals surface area contributed by atoms with E-state index in [1.807, 2.05) is 13.2 Å². The lowest BCUT2D eigenvalue weighted by atomic mass is 10.2. The minimum absolute atomic E-state index is 0.536. The van der Waals surface area contributed by atoms with Gasteiger partial charge in [0.1, 0.15) is 0 Å². The van der Waals surface area contributed by atoms with E-state index in [-0.39, 0.29) is 0 Å². The van der Waals surface area contributed by atoms with Crippen LogP contribution in [-0.2, 0) is 6.42 Å². The van der Waals surface area contributed by atoms with E-state index < -0.39 is 0 Å². The highest BCUT2D eigenvalue weighted by Gasteiger charge is 2.21. The summed E-state index contributed by atoms with van der Waals surface area (Å²) in [6.07, 6.45) is 4.27. The van der Waals surface area contributed by atoms with Gasteiger partial charge in [-0.3, -0.25) is 5.10 Å². The van der Waals surface area contributed by atoms with Crippen LogP contribution in [0.4, 0.5) is 0 Å². The van der Waals surface area contributed by atoms with E-state index in [1.165, 1.54) is 17.7 Å². The van der Waals surface area contributed by atoms with Gasteiger partial charge < -0.3 is 5.32 Å². The Bertz CT molecular complexity index is 229. The van der Waals surface area contributed by atoms with Crippen molar-refractivity contribution in [3.8, 4) is 0 Å². The van der Waals surface area contributed by atoms with Gasteiger partial charge in [-0.2, -0.15) is 5.10 Å². The molecule has 0 fully saturated rings. The second-order valence-corrected chi connectivity index (χ2v) is 2.68. The molecule has 0 bridgehead atoms. The largest absolute Gasteiger partial charge is 0.313 e. The number of hydrogen-bond donors (Lipinski definition) is 2. The van der Waals surface area contributed by atoms with Crippen LogP contribution in [0.1, 0.15) is 23.7 Å². The summed E-state index contributed by atoms with van der Waals surface area (Å²) in [7, 11) is 1.99. The average molecular weight is 137 g/mol. The summed E-state index contributed by atoms with van der Waals surface area (Å²) in [6, 6.07) is 0.536. The minimum Gasteiger partial charge on any atom is -0.313 e. The zero-order chi connectivity index (χ0) is 6.97. The third kappa shape index (κ3) is 0.671. The first kappa shape index (κ1) is 5.92. The second-order valence-electron chi connectivity index (χ2n) is 2.68. The van der Waals surface area contributed by atoms with E-state index >= 15 is 0 Å². The fourth-order valence-corrected chi connectivity index (χ4v) is 1.57. The summed E-state index contributed by atoms with van der Waals surface area (Å²) in [5.74, 6) is 0. The molecule has 1 unspecified atom stereocenters. The normalized spacial score (nSPS) is 23.1. The number of aryl methyl sites for hydroxylation is 1. The second kappa shape index (κ2) is 2.09. The van der Waals surface area contributed by atoms with E-state index in [1.54, 1.807) is 0 Å². The standard InChI is InChI=1S/C7H11N3/c1-8-6-2-3-7-5(6)4-9-10-7/h4,6,8H,2-3H2,1H3,(H,9,10). The minimum atomic E-state index is 0.536. The van der Waals surface area contributed by atoms with E-state index in [0.29, 0.717) is 6.04 Å². The number of aromatic nitrogens is 2. The number of rotatable bonds is 1. The van der Waals surface area contributed by atoms with Crippen molar-refractivity contribution >= 4 is 0 Å². The van der Waals surface area contributed by atoms with E-state index in [9.17, 15) is 0 Å². The Labute approximate surface area is 59.8 Å². The average Bonchev–Trinajstić information content (AvgIpc) is 2.44. The maximum Gasteiger partial charge on any atom is 0.0538 e. The van der Waals surface area contributed by atoms with Crippen molar-refractivity contribution < 1.29 is 0 Å². The molecule has 1 atom stereocenters. The molecule has 3 heteroatoms. The molecule has 1 aromatic heterocycles. The Morgan fingerprint density at radius 3 is 3.50 bits per heavy atom. The molecule has 1 aliphatic rings. The number of H-pyrrole nitrogens is 1. The third-order valence-corrected chi connectivity index (χ3v) is 2.16. The fraction of sp³-hybridized carbons (Fsp3) is 0.571. The lowest BCUT2D eigenvalue weighted by Gasteiger charge is -2.05. The van der Waals surface area contributed by atoms with Crippen molar-refractivity contribution in [2.75, 3.05) is 7.05 Å². The SMILES string of the molecule is CNC1CCc2[nH]ncc21. The van der Waals surface area contributed by atoms with Crippen LogP contribution in [0.5, 0.6) is 0 Å². The van der Waals surface area contributed by atoms with Crippen LogP contribution in [0.15, 0.2) is 6.20 Å². The summed E-state index contributed by atoms with van der Waals surface area (Å²) >= 11 is 0. The lowest BCUT2D eigenvalue weighted by Crippen LogP contribution is -2.12. The van der Waals surface area contributed by atoms with Crippen molar-refractivity contribution in [1.29, 1.82) is 0 Å². The lowest BCUT2D eigenvalue weighted by molar-refractivity contribution is 0.587. The molecule has 0 aromatic carbocycles. The summed E-state index contributed by atoms with van der Waals surface area (Å²) < 4.78 is 0. The number of fused-ring (bicyclic) bond motifs is 1. The predicted molar refractivity (Wildman–Crippen MR) is 38.7 cm³/mol. The highest BCUT2D eigenvalue weighted by Crippen LogP contribution is 2.28. The van der Waals surface area contributed by atoms with Crippen molar-refractivity contribution in [2.24, 2.45) is 0 Å². The molecule has 2 N–H and O–H groups in total. The molecule has 0 amide bonds. The van der Waals surface area contributed by atoms with Gasteiger partial charge in [-0.1, -0.05) is 0 Å². The van der Waals surface area contributed by atoms with E-state index in [4.69, 9.17) is 0 Å². The summed E-state index contributed by atoms with van der Waals surface area (Å²) in [5.41, 5.74) is 2.65. The summed E-state index contributed by atoms with van der Waals surface area (Å²) in [4.78, 5) is 0. The maximum atomic E-state index is 3.98. The Hall–Kier alpha value is -0.830. The van der Waals surface area contributed by atoms with Crippen LogP contribution in [-0.4, -0.2) is 17.2 Å². The summed E-state index contributed by atoms with van der Waals surface area (Å²) in [6.45, 7) is 0. The molecule has 1 aliphatic carbocycles. The van der Waals surface area contributed by atoms with E-state index in [0.717, 1.165) is 6.42 Å². The molecule has 0 saturated carbocycles. The van der Waals surface area contributed by atoms with Gasteiger partial charge in [-0.25, -0.2) is 0 Å². The quantitative estimate of drug-likeness (QED) is 0.595. The molecule has 0 spiro atoms. The maximum absolute atomic E-state index is 3.98. The molecule has 10 heavy (non-hydrogen) atoms. The van der Waals surface area contributed by atoms with Crippen LogP contribution in [0, 0.1) is 0 Å². The zero-order valence-electron chi connectivity index (χ0n) is 6.02. The van der Waals surface area contributed by atoms with Gasteiger partial charge in [0.15, 0.2) is 0 Å². The van der Waals surface area contributed by atoms with Crippen molar-refractivity contribution in [2.45, 2.75) is 18.9 Å². The molecule has 0 saturated heterocycles. The molecule has 2 rings (SSSR count). The van der Waals surface area contributed by atoms with Crippen LogP contribution >= 0.6 is 0 Å². The monoisotopic (exact) mass is 137 g/mol. The Kier molecular flexibility index (Phi) is 1.24. The van der Waals surface area contributed by atoms with Gasteiger partial charge in [0.05, 0.1) is 6.20 Å². The zero-order valence-corrected chi connectivity index (χ0v) is 6.02. The molecular formula is C7H11N3. The summed E-state index contributed by atoms with van der Waals surface area (Å²) in [5, 5.41) is 10.2. The van der Waals surface area contributed by atoms with Gasteiger partial charge in [-0.05, 0) is 19.9 Å². The van der Waals surface area contributed by atoms with Gasteiger partial charge >= 0.3 is 0 Å². The van der Waals surface area contributed by atoms with Crippen LogP contribution in [0.2, 0.25) is 0 Å².